The van der Waals surface area contributed by atoms with Crippen LogP contribution in [0.15, 0.2) is 45.2 Å². The second-order valence-corrected chi connectivity index (χ2v) is 6.21. The molecule has 0 unspecified atom stereocenters. The van der Waals surface area contributed by atoms with Gasteiger partial charge in [-0.05, 0) is 30.5 Å². The number of benzene rings is 1. The number of anilines is 1. The predicted molar refractivity (Wildman–Crippen MR) is 83.7 cm³/mol. The zero-order valence-corrected chi connectivity index (χ0v) is 13.0. The van der Waals surface area contributed by atoms with Gasteiger partial charge in [0, 0.05) is 0 Å². The monoisotopic (exact) mass is 335 g/mol. The molecule has 112 valence electrons. The molecule has 1 aromatic carbocycles. The molecule has 0 aliphatic carbocycles. The topological polar surface area (TPSA) is 68.0 Å². The molecule has 3 rings (SSSR count). The highest BCUT2D eigenvalue weighted by Gasteiger charge is 2.16. The molecule has 0 spiro atoms. The first-order chi connectivity index (χ1) is 10.7. The summed E-state index contributed by atoms with van der Waals surface area (Å²) in [6.45, 7) is 0. The SMILES string of the molecule is CSc1nnc(NC(=O)c2ccc(-c3ccccc3F)o2)s1. The van der Waals surface area contributed by atoms with Crippen molar-refractivity contribution in [3.05, 3.63) is 48.0 Å². The van der Waals surface area contributed by atoms with Crippen LogP contribution >= 0.6 is 23.1 Å². The lowest BCUT2D eigenvalue weighted by Crippen LogP contribution is -2.10. The van der Waals surface area contributed by atoms with Gasteiger partial charge in [0.25, 0.3) is 5.91 Å². The highest BCUT2D eigenvalue weighted by atomic mass is 32.2. The van der Waals surface area contributed by atoms with Crippen LogP contribution in [0.25, 0.3) is 11.3 Å². The smallest absolute Gasteiger partial charge is 0.293 e. The summed E-state index contributed by atoms with van der Waals surface area (Å²) in [4.78, 5) is 12.1. The second-order valence-electron chi connectivity index (χ2n) is 4.18. The van der Waals surface area contributed by atoms with Crippen LogP contribution in [-0.2, 0) is 0 Å². The minimum Gasteiger partial charge on any atom is -0.451 e. The third kappa shape index (κ3) is 3.02. The van der Waals surface area contributed by atoms with Crippen molar-refractivity contribution in [3.8, 4) is 11.3 Å². The zero-order valence-electron chi connectivity index (χ0n) is 11.4. The van der Waals surface area contributed by atoms with Crippen molar-refractivity contribution < 1.29 is 13.6 Å². The molecule has 2 heterocycles. The number of furan rings is 1. The second kappa shape index (κ2) is 6.29. The first-order valence-electron chi connectivity index (χ1n) is 6.21. The quantitative estimate of drug-likeness (QED) is 0.578. The van der Waals surface area contributed by atoms with E-state index in [1.54, 1.807) is 24.3 Å². The number of hydrogen-bond acceptors (Lipinski definition) is 6. The molecule has 0 saturated carbocycles. The molecule has 0 fully saturated rings. The van der Waals surface area contributed by atoms with E-state index in [9.17, 15) is 9.18 Å². The van der Waals surface area contributed by atoms with E-state index in [1.165, 1.54) is 35.2 Å². The van der Waals surface area contributed by atoms with Crippen LogP contribution in [-0.4, -0.2) is 22.4 Å². The summed E-state index contributed by atoms with van der Waals surface area (Å²) in [5, 5.41) is 10.7. The third-order valence-corrected chi connectivity index (χ3v) is 4.58. The molecule has 2 aromatic heterocycles. The molecular formula is C14H10FN3O2S2. The number of carbonyl (C=O) groups excluding carboxylic acids is 1. The molecule has 0 aliphatic heterocycles. The van der Waals surface area contributed by atoms with Crippen LogP contribution in [0.3, 0.4) is 0 Å². The molecule has 0 atom stereocenters. The Bertz CT molecular complexity index is 816. The maximum absolute atomic E-state index is 13.7. The van der Waals surface area contributed by atoms with Gasteiger partial charge in [-0.15, -0.1) is 10.2 Å². The van der Waals surface area contributed by atoms with E-state index in [0.717, 1.165) is 4.34 Å². The fraction of sp³-hybridized carbons (Fsp3) is 0.0714. The number of carbonyl (C=O) groups is 1. The van der Waals surface area contributed by atoms with Crippen LogP contribution in [0, 0.1) is 5.82 Å². The molecule has 8 heteroatoms. The standard InChI is InChI=1S/C14H10FN3O2S2/c1-21-14-18-17-13(22-14)16-12(19)11-7-6-10(20-11)8-4-2-3-5-9(8)15/h2-7H,1H3,(H,16,17,19). The van der Waals surface area contributed by atoms with Gasteiger partial charge in [0.2, 0.25) is 5.13 Å². The van der Waals surface area contributed by atoms with Gasteiger partial charge in [-0.3, -0.25) is 10.1 Å². The molecule has 0 bridgehead atoms. The molecule has 3 aromatic rings. The predicted octanol–water partition coefficient (Wildman–Crippen LogP) is 3.91. The van der Waals surface area contributed by atoms with E-state index < -0.39 is 11.7 Å². The van der Waals surface area contributed by atoms with E-state index >= 15 is 0 Å². The lowest BCUT2D eigenvalue weighted by atomic mass is 10.1. The maximum atomic E-state index is 13.7. The fourth-order valence-corrected chi connectivity index (χ4v) is 2.93. The van der Waals surface area contributed by atoms with E-state index in [2.05, 4.69) is 15.5 Å². The maximum Gasteiger partial charge on any atom is 0.293 e. The van der Waals surface area contributed by atoms with Gasteiger partial charge in [0.1, 0.15) is 11.6 Å². The van der Waals surface area contributed by atoms with Crippen molar-refractivity contribution in [2.75, 3.05) is 11.6 Å². The lowest BCUT2D eigenvalue weighted by molar-refractivity contribution is 0.0997. The Morgan fingerprint density at radius 2 is 2.09 bits per heavy atom. The summed E-state index contributed by atoms with van der Waals surface area (Å²) in [5.74, 6) is -0.478. The van der Waals surface area contributed by atoms with Crippen LogP contribution < -0.4 is 5.32 Å². The summed E-state index contributed by atoms with van der Waals surface area (Å²) < 4.78 is 19.9. The summed E-state index contributed by atoms with van der Waals surface area (Å²) in [6.07, 6.45) is 1.87. The summed E-state index contributed by atoms with van der Waals surface area (Å²) in [5.41, 5.74) is 0.308. The number of thioether (sulfide) groups is 1. The van der Waals surface area contributed by atoms with E-state index in [4.69, 9.17) is 4.42 Å². The summed E-state index contributed by atoms with van der Waals surface area (Å²) >= 11 is 2.71. The van der Waals surface area contributed by atoms with E-state index in [-0.39, 0.29) is 5.76 Å². The van der Waals surface area contributed by atoms with E-state index in [0.29, 0.717) is 16.5 Å². The Hall–Kier alpha value is -2.19. The third-order valence-electron chi connectivity index (χ3n) is 2.77. The van der Waals surface area contributed by atoms with Gasteiger partial charge in [0.15, 0.2) is 10.1 Å². The number of amides is 1. The molecule has 0 radical (unpaired) electrons. The number of rotatable bonds is 4. The summed E-state index contributed by atoms with van der Waals surface area (Å²) in [6, 6.07) is 9.27. The Balaban J connectivity index is 1.78. The first kappa shape index (κ1) is 14.7. The van der Waals surface area contributed by atoms with Crippen LogP contribution in [0.5, 0.6) is 0 Å². The van der Waals surface area contributed by atoms with Crippen molar-refractivity contribution in [2.45, 2.75) is 4.34 Å². The molecule has 0 aliphatic rings. The molecular weight excluding hydrogens is 325 g/mol. The highest BCUT2D eigenvalue weighted by Crippen LogP contribution is 2.26. The average molecular weight is 335 g/mol. The summed E-state index contributed by atoms with van der Waals surface area (Å²) in [7, 11) is 0. The fourth-order valence-electron chi connectivity index (χ4n) is 1.77. The number of halogens is 1. The number of aromatic nitrogens is 2. The zero-order chi connectivity index (χ0) is 15.5. The van der Waals surface area contributed by atoms with Gasteiger partial charge in [-0.25, -0.2) is 4.39 Å². The molecule has 0 saturated heterocycles. The normalized spacial score (nSPS) is 10.6. The Labute approximate surface area is 133 Å². The number of hydrogen-bond donors (Lipinski definition) is 1. The van der Waals surface area contributed by atoms with Crippen molar-refractivity contribution in [2.24, 2.45) is 0 Å². The largest absolute Gasteiger partial charge is 0.451 e. The van der Waals surface area contributed by atoms with Crippen molar-refractivity contribution in [1.82, 2.24) is 10.2 Å². The highest BCUT2D eigenvalue weighted by molar-refractivity contribution is 8.00. The minimum absolute atomic E-state index is 0.0826. The van der Waals surface area contributed by atoms with Crippen molar-refractivity contribution >= 4 is 34.1 Å². The molecule has 5 nitrogen and oxygen atoms in total. The van der Waals surface area contributed by atoms with Gasteiger partial charge in [0.05, 0.1) is 5.56 Å². The van der Waals surface area contributed by atoms with Crippen molar-refractivity contribution in [3.63, 3.8) is 0 Å². The number of nitrogens with one attached hydrogen (secondary N) is 1. The molecule has 1 amide bonds. The van der Waals surface area contributed by atoms with Crippen LogP contribution in [0.4, 0.5) is 9.52 Å². The first-order valence-corrected chi connectivity index (χ1v) is 8.25. The van der Waals surface area contributed by atoms with E-state index in [1.807, 2.05) is 6.26 Å². The van der Waals surface area contributed by atoms with Gasteiger partial charge < -0.3 is 4.42 Å². The molecule has 22 heavy (non-hydrogen) atoms. The Morgan fingerprint density at radius 3 is 2.82 bits per heavy atom. The van der Waals surface area contributed by atoms with Crippen LogP contribution in [0.2, 0.25) is 0 Å². The van der Waals surface area contributed by atoms with Crippen LogP contribution in [0.1, 0.15) is 10.6 Å². The van der Waals surface area contributed by atoms with Crippen molar-refractivity contribution in [1.29, 1.82) is 0 Å². The average Bonchev–Trinajstić information content (AvgIpc) is 3.16. The van der Waals surface area contributed by atoms with Gasteiger partial charge >= 0.3 is 0 Å². The minimum atomic E-state index is -0.452. The van der Waals surface area contributed by atoms with Gasteiger partial charge in [-0.1, -0.05) is 35.2 Å². The number of nitrogens with zero attached hydrogens (tertiary/aromatic N) is 2. The Morgan fingerprint density at radius 1 is 1.27 bits per heavy atom. The molecule has 1 N–H and O–H groups in total. The van der Waals surface area contributed by atoms with Gasteiger partial charge in [-0.2, -0.15) is 0 Å². The Kier molecular flexibility index (Phi) is 4.21. The lowest BCUT2D eigenvalue weighted by Gasteiger charge is -1.99.